The number of aromatic nitrogens is 4. The molecule has 0 bridgehead atoms. The normalized spacial score (nSPS) is 12.1. The minimum atomic E-state index is -0.130. The summed E-state index contributed by atoms with van der Waals surface area (Å²) in [6, 6.07) is 21.0. The Morgan fingerprint density at radius 2 is 1.88 bits per heavy atom. The zero-order valence-electron chi connectivity index (χ0n) is 17.9. The minimum Gasteiger partial charge on any atom is -0.468 e. The quantitative estimate of drug-likeness (QED) is 0.392. The molecule has 0 aliphatic carbocycles. The average Bonchev–Trinajstić information content (AvgIpc) is 3.51. The highest BCUT2D eigenvalue weighted by molar-refractivity contribution is 7.98. The fourth-order valence-electron chi connectivity index (χ4n) is 3.29. The van der Waals surface area contributed by atoms with E-state index in [0.29, 0.717) is 23.7 Å². The molecule has 2 heterocycles. The number of carbonyl (C=O) groups excluding carboxylic acids is 1. The molecule has 8 nitrogen and oxygen atoms in total. The Balaban J connectivity index is 1.44. The molecular weight excluding hydrogens is 424 g/mol. The molecule has 0 aliphatic heterocycles. The molecular formula is C23H24N6O2S. The first-order valence-electron chi connectivity index (χ1n) is 10.2. The highest BCUT2D eigenvalue weighted by Gasteiger charge is 2.20. The van der Waals surface area contributed by atoms with Gasteiger partial charge in [-0.1, -0.05) is 30.3 Å². The number of para-hydroxylation sites is 1. The largest absolute Gasteiger partial charge is 0.468 e. The highest BCUT2D eigenvalue weighted by atomic mass is 32.2. The smallest absolute Gasteiger partial charge is 0.252 e. The van der Waals surface area contributed by atoms with Gasteiger partial charge in [-0.3, -0.25) is 9.69 Å². The number of amides is 1. The van der Waals surface area contributed by atoms with Crippen molar-refractivity contribution in [2.75, 3.05) is 20.6 Å². The summed E-state index contributed by atoms with van der Waals surface area (Å²) in [5.41, 5.74) is 1.51. The van der Waals surface area contributed by atoms with Crippen molar-refractivity contribution < 1.29 is 9.21 Å². The van der Waals surface area contributed by atoms with Crippen LogP contribution in [0.4, 0.5) is 0 Å². The fraction of sp³-hybridized carbons (Fsp3) is 0.217. The van der Waals surface area contributed by atoms with Gasteiger partial charge in [0.05, 0.1) is 29.3 Å². The molecule has 164 valence electrons. The molecule has 1 N–H and O–H groups in total. The van der Waals surface area contributed by atoms with Crippen LogP contribution in [0.2, 0.25) is 0 Å². The maximum atomic E-state index is 13.0. The van der Waals surface area contributed by atoms with Crippen LogP contribution in [-0.2, 0) is 5.75 Å². The fourth-order valence-corrected chi connectivity index (χ4v) is 4.25. The standard InChI is InChI=1S/C23H24N6O2S/c1-28(2)19(20-12-8-14-31-20)15-24-23(30)18-11-6-7-13-21(18)32-16-22-25-26-27-29(22)17-9-4-3-5-10-17/h3-14,19H,15-16H2,1-2H3,(H,24,30). The van der Waals surface area contributed by atoms with Gasteiger partial charge in [0.1, 0.15) is 5.76 Å². The van der Waals surface area contributed by atoms with Crippen molar-refractivity contribution >= 4 is 17.7 Å². The first kappa shape index (κ1) is 21.8. The van der Waals surface area contributed by atoms with Gasteiger partial charge in [0.25, 0.3) is 5.91 Å². The van der Waals surface area contributed by atoms with Gasteiger partial charge < -0.3 is 9.73 Å². The van der Waals surface area contributed by atoms with E-state index < -0.39 is 0 Å². The van der Waals surface area contributed by atoms with E-state index in [1.807, 2.05) is 85.7 Å². The second-order valence-corrected chi connectivity index (χ2v) is 8.35. The van der Waals surface area contributed by atoms with Crippen molar-refractivity contribution in [3.63, 3.8) is 0 Å². The topological polar surface area (TPSA) is 89.1 Å². The second-order valence-electron chi connectivity index (χ2n) is 7.33. The molecule has 2 aromatic carbocycles. The average molecular weight is 449 g/mol. The van der Waals surface area contributed by atoms with Crippen LogP contribution in [0.1, 0.15) is 28.0 Å². The lowest BCUT2D eigenvalue weighted by atomic mass is 10.1. The van der Waals surface area contributed by atoms with Crippen LogP contribution >= 0.6 is 11.8 Å². The van der Waals surface area contributed by atoms with Crippen LogP contribution in [0.5, 0.6) is 0 Å². The zero-order valence-corrected chi connectivity index (χ0v) is 18.7. The van der Waals surface area contributed by atoms with Crippen LogP contribution in [0, 0.1) is 0 Å². The Bertz CT molecular complexity index is 1140. The van der Waals surface area contributed by atoms with E-state index in [0.717, 1.165) is 16.3 Å². The molecule has 1 unspecified atom stereocenters. The summed E-state index contributed by atoms with van der Waals surface area (Å²) in [5.74, 6) is 1.92. The molecule has 0 aliphatic rings. The molecule has 4 aromatic rings. The van der Waals surface area contributed by atoms with E-state index in [4.69, 9.17) is 4.42 Å². The zero-order chi connectivity index (χ0) is 22.3. The lowest BCUT2D eigenvalue weighted by molar-refractivity contribution is 0.0936. The van der Waals surface area contributed by atoms with Crippen molar-refractivity contribution in [1.29, 1.82) is 0 Å². The Hall–Kier alpha value is -3.43. The molecule has 0 radical (unpaired) electrons. The first-order valence-corrected chi connectivity index (χ1v) is 11.1. The molecule has 9 heteroatoms. The summed E-state index contributed by atoms with van der Waals surface area (Å²) in [5, 5.41) is 15.1. The van der Waals surface area contributed by atoms with Gasteiger partial charge in [-0.2, -0.15) is 4.68 Å². The van der Waals surface area contributed by atoms with Gasteiger partial charge in [0.2, 0.25) is 0 Å². The Morgan fingerprint density at radius 1 is 1.09 bits per heavy atom. The van der Waals surface area contributed by atoms with Crippen LogP contribution in [-0.4, -0.2) is 51.7 Å². The molecule has 4 rings (SSSR count). The van der Waals surface area contributed by atoms with Gasteiger partial charge in [-0.15, -0.1) is 16.9 Å². The number of carbonyl (C=O) groups is 1. The van der Waals surface area contributed by atoms with E-state index in [9.17, 15) is 4.79 Å². The number of furan rings is 1. The number of tetrazole rings is 1. The Labute approximate surface area is 190 Å². The summed E-state index contributed by atoms with van der Waals surface area (Å²) in [6.07, 6.45) is 1.64. The van der Waals surface area contributed by atoms with Crippen molar-refractivity contribution in [3.8, 4) is 5.69 Å². The number of rotatable bonds is 9. The number of likely N-dealkylation sites (N-methyl/N-ethyl adjacent to an activating group) is 1. The molecule has 2 aromatic heterocycles. The predicted molar refractivity (Wildman–Crippen MR) is 123 cm³/mol. The molecule has 32 heavy (non-hydrogen) atoms. The molecule has 0 fully saturated rings. The summed E-state index contributed by atoms with van der Waals surface area (Å²) in [7, 11) is 3.92. The van der Waals surface area contributed by atoms with Gasteiger partial charge in [0.15, 0.2) is 5.82 Å². The molecule has 1 atom stereocenters. The third kappa shape index (κ3) is 5.06. The van der Waals surface area contributed by atoms with Crippen LogP contribution in [0.25, 0.3) is 5.69 Å². The monoisotopic (exact) mass is 448 g/mol. The second kappa shape index (κ2) is 10.3. The molecule has 0 saturated heterocycles. The van der Waals surface area contributed by atoms with E-state index in [2.05, 4.69) is 20.8 Å². The summed E-state index contributed by atoms with van der Waals surface area (Å²) >= 11 is 1.53. The van der Waals surface area contributed by atoms with Crippen molar-refractivity contribution in [1.82, 2.24) is 30.4 Å². The highest BCUT2D eigenvalue weighted by Crippen LogP contribution is 2.26. The number of nitrogens with one attached hydrogen (secondary N) is 1. The van der Waals surface area contributed by atoms with Crippen molar-refractivity contribution in [3.05, 3.63) is 90.1 Å². The van der Waals surface area contributed by atoms with Gasteiger partial charge in [-0.05, 0) is 60.9 Å². The Kier molecular flexibility index (Phi) is 6.98. The third-order valence-electron chi connectivity index (χ3n) is 4.97. The molecule has 0 saturated carbocycles. The van der Waals surface area contributed by atoms with Crippen molar-refractivity contribution in [2.24, 2.45) is 0 Å². The number of hydrogen-bond donors (Lipinski definition) is 1. The van der Waals surface area contributed by atoms with E-state index in [1.165, 1.54) is 11.8 Å². The number of hydrogen-bond acceptors (Lipinski definition) is 7. The van der Waals surface area contributed by atoms with Crippen LogP contribution in [0.3, 0.4) is 0 Å². The van der Waals surface area contributed by atoms with E-state index >= 15 is 0 Å². The maximum absolute atomic E-state index is 13.0. The number of nitrogens with zero attached hydrogens (tertiary/aromatic N) is 5. The van der Waals surface area contributed by atoms with Crippen LogP contribution < -0.4 is 5.32 Å². The summed E-state index contributed by atoms with van der Waals surface area (Å²) in [4.78, 5) is 15.9. The number of thioether (sulfide) groups is 1. The third-order valence-corrected chi connectivity index (χ3v) is 6.04. The predicted octanol–water partition coefficient (Wildman–Crippen LogP) is 3.58. The van der Waals surface area contributed by atoms with Crippen molar-refractivity contribution in [2.45, 2.75) is 16.7 Å². The lowest BCUT2D eigenvalue weighted by Crippen LogP contribution is -2.34. The Morgan fingerprint density at radius 3 is 2.62 bits per heavy atom. The van der Waals surface area contributed by atoms with Gasteiger partial charge >= 0.3 is 0 Å². The first-order chi connectivity index (χ1) is 15.6. The maximum Gasteiger partial charge on any atom is 0.252 e. The van der Waals surface area contributed by atoms with Gasteiger partial charge in [0, 0.05) is 11.4 Å². The lowest BCUT2D eigenvalue weighted by Gasteiger charge is -2.22. The minimum absolute atomic E-state index is 0.0516. The van der Waals surface area contributed by atoms with Crippen LogP contribution in [0.15, 0.2) is 82.3 Å². The summed E-state index contributed by atoms with van der Waals surface area (Å²) in [6.45, 7) is 0.435. The molecule has 0 spiro atoms. The van der Waals surface area contributed by atoms with Gasteiger partial charge in [-0.25, -0.2) is 0 Å². The molecule has 1 amide bonds. The SMILES string of the molecule is CN(C)C(CNC(=O)c1ccccc1SCc1nnnn1-c1ccccc1)c1ccco1. The van der Waals surface area contributed by atoms with E-state index in [-0.39, 0.29) is 11.9 Å². The summed E-state index contributed by atoms with van der Waals surface area (Å²) < 4.78 is 7.24. The van der Waals surface area contributed by atoms with E-state index in [1.54, 1.807) is 10.9 Å². The number of benzene rings is 2.